The van der Waals surface area contributed by atoms with Gasteiger partial charge in [-0.3, -0.25) is 9.78 Å². The Balaban J connectivity index is 1.36. The summed E-state index contributed by atoms with van der Waals surface area (Å²) in [5.41, 5.74) is 4.63. The van der Waals surface area contributed by atoms with Gasteiger partial charge in [-0.05, 0) is 48.9 Å². The van der Waals surface area contributed by atoms with E-state index in [2.05, 4.69) is 20.3 Å². The lowest BCUT2D eigenvalue weighted by molar-refractivity contribution is 0.0939. The quantitative estimate of drug-likeness (QED) is 0.468. The van der Waals surface area contributed by atoms with Gasteiger partial charge >= 0.3 is 0 Å². The van der Waals surface area contributed by atoms with Gasteiger partial charge in [0.2, 0.25) is 0 Å². The third-order valence-corrected chi connectivity index (χ3v) is 5.38. The summed E-state index contributed by atoms with van der Waals surface area (Å²) in [6.07, 6.45) is 1.73. The van der Waals surface area contributed by atoms with Crippen LogP contribution in [0, 0.1) is 0 Å². The van der Waals surface area contributed by atoms with Crippen molar-refractivity contribution < 1.29 is 4.79 Å². The number of nitrogens with zero attached hydrogens (tertiary/aromatic N) is 2. The van der Waals surface area contributed by atoms with Gasteiger partial charge in [0, 0.05) is 17.5 Å². The molecule has 5 nitrogen and oxygen atoms in total. The number of hydrogen-bond acceptors (Lipinski definition) is 4. The molecule has 4 rings (SSSR count). The molecule has 0 spiro atoms. The van der Waals surface area contributed by atoms with Crippen LogP contribution in [-0.4, -0.2) is 20.9 Å². The lowest BCUT2D eigenvalue weighted by atomic mass is 10.1. The molecule has 0 fully saturated rings. The summed E-state index contributed by atoms with van der Waals surface area (Å²) >= 11 is 1.65. The standard InChI is InChI=1S/C22H20N4OS/c1-15(18-6-4-5-13-23-18)24-21(27)17-11-9-16(10-12-17)14-28-22-25-19-7-2-3-8-20(19)26-22/h2-13,15H,14H2,1H3,(H,24,27)(H,25,26). The van der Waals surface area contributed by atoms with Gasteiger partial charge in [-0.25, -0.2) is 4.98 Å². The zero-order chi connectivity index (χ0) is 19.3. The summed E-state index contributed by atoms with van der Waals surface area (Å²) in [7, 11) is 0. The van der Waals surface area contributed by atoms with Crippen molar-refractivity contribution in [1.29, 1.82) is 0 Å². The van der Waals surface area contributed by atoms with Gasteiger partial charge in [0.1, 0.15) is 0 Å². The fraction of sp³-hybridized carbons (Fsp3) is 0.136. The molecular weight excluding hydrogens is 368 g/mol. The normalized spacial score (nSPS) is 12.0. The number of amides is 1. The zero-order valence-corrected chi connectivity index (χ0v) is 16.2. The lowest BCUT2D eigenvalue weighted by Crippen LogP contribution is -2.27. The minimum Gasteiger partial charge on any atom is -0.344 e. The molecule has 2 aromatic heterocycles. The summed E-state index contributed by atoms with van der Waals surface area (Å²) in [6.45, 7) is 1.93. The predicted octanol–water partition coefficient (Wildman–Crippen LogP) is 4.74. The Labute approximate surface area is 167 Å². The number of aromatic amines is 1. The highest BCUT2D eigenvalue weighted by atomic mass is 32.2. The van der Waals surface area contributed by atoms with Crippen LogP contribution >= 0.6 is 11.8 Å². The second-order valence-corrected chi connectivity index (χ2v) is 7.46. The molecule has 0 aliphatic carbocycles. The number of aromatic nitrogens is 3. The van der Waals surface area contributed by atoms with Crippen molar-refractivity contribution in [3.05, 3.63) is 89.7 Å². The smallest absolute Gasteiger partial charge is 0.251 e. The van der Waals surface area contributed by atoms with Crippen molar-refractivity contribution in [3.8, 4) is 0 Å². The summed E-state index contributed by atoms with van der Waals surface area (Å²) in [5.74, 6) is 0.682. The maximum atomic E-state index is 12.5. The van der Waals surface area contributed by atoms with Crippen LogP contribution in [0.1, 0.15) is 34.6 Å². The molecule has 1 unspecified atom stereocenters. The van der Waals surface area contributed by atoms with E-state index in [-0.39, 0.29) is 11.9 Å². The molecule has 0 bridgehead atoms. The van der Waals surface area contributed by atoms with Crippen LogP contribution in [0.15, 0.2) is 78.1 Å². The first-order chi connectivity index (χ1) is 13.7. The predicted molar refractivity (Wildman–Crippen MR) is 112 cm³/mol. The Hall–Kier alpha value is -3.12. The number of hydrogen-bond donors (Lipinski definition) is 2. The highest BCUT2D eigenvalue weighted by Crippen LogP contribution is 2.23. The Morgan fingerprint density at radius 2 is 1.86 bits per heavy atom. The van der Waals surface area contributed by atoms with Gasteiger partial charge in [-0.15, -0.1) is 0 Å². The number of carbonyl (C=O) groups excluding carboxylic acids is 1. The van der Waals surface area contributed by atoms with E-state index in [0.29, 0.717) is 5.56 Å². The maximum Gasteiger partial charge on any atom is 0.251 e. The fourth-order valence-electron chi connectivity index (χ4n) is 2.89. The Morgan fingerprint density at radius 1 is 1.07 bits per heavy atom. The van der Waals surface area contributed by atoms with Gasteiger partial charge in [0.15, 0.2) is 5.16 Å². The molecule has 0 radical (unpaired) electrons. The lowest BCUT2D eigenvalue weighted by Gasteiger charge is -2.13. The third kappa shape index (κ3) is 4.23. The monoisotopic (exact) mass is 388 g/mol. The van der Waals surface area contributed by atoms with Crippen molar-refractivity contribution in [1.82, 2.24) is 20.3 Å². The average molecular weight is 388 g/mol. The molecule has 0 saturated carbocycles. The van der Waals surface area contributed by atoms with E-state index >= 15 is 0 Å². The largest absolute Gasteiger partial charge is 0.344 e. The SMILES string of the molecule is CC(NC(=O)c1ccc(CSc2nc3ccccc3[nH]2)cc1)c1ccccn1. The van der Waals surface area contributed by atoms with Gasteiger partial charge in [0.25, 0.3) is 5.91 Å². The molecular formula is C22H20N4OS. The first-order valence-corrected chi connectivity index (χ1v) is 10.1. The first-order valence-electron chi connectivity index (χ1n) is 9.07. The number of H-pyrrole nitrogens is 1. The zero-order valence-electron chi connectivity index (χ0n) is 15.4. The summed E-state index contributed by atoms with van der Waals surface area (Å²) in [4.78, 5) is 24.6. The van der Waals surface area contributed by atoms with Crippen LogP contribution in [0.25, 0.3) is 11.0 Å². The first kappa shape index (κ1) is 18.3. The number of thioether (sulfide) groups is 1. The van der Waals surface area contributed by atoms with E-state index in [9.17, 15) is 4.79 Å². The van der Waals surface area contributed by atoms with Crippen LogP contribution in [0.2, 0.25) is 0 Å². The van der Waals surface area contributed by atoms with Crippen LogP contribution in [0.4, 0.5) is 0 Å². The molecule has 2 heterocycles. The number of pyridine rings is 1. The van der Waals surface area contributed by atoms with E-state index in [1.807, 2.05) is 73.7 Å². The fourth-order valence-corrected chi connectivity index (χ4v) is 3.73. The molecule has 2 N–H and O–H groups in total. The van der Waals surface area contributed by atoms with Crippen molar-refractivity contribution in [2.45, 2.75) is 23.9 Å². The molecule has 28 heavy (non-hydrogen) atoms. The number of nitrogens with one attached hydrogen (secondary N) is 2. The van der Waals surface area contributed by atoms with Crippen LogP contribution < -0.4 is 5.32 Å². The molecule has 6 heteroatoms. The van der Waals surface area contributed by atoms with E-state index in [1.54, 1.807) is 18.0 Å². The number of carbonyl (C=O) groups is 1. The van der Waals surface area contributed by atoms with Crippen LogP contribution in [0.5, 0.6) is 0 Å². The second kappa shape index (κ2) is 8.27. The summed E-state index contributed by atoms with van der Waals surface area (Å²) in [5, 5.41) is 3.88. The van der Waals surface area contributed by atoms with Crippen molar-refractivity contribution >= 4 is 28.7 Å². The van der Waals surface area contributed by atoms with Crippen LogP contribution in [-0.2, 0) is 5.75 Å². The Kier molecular flexibility index (Phi) is 5.39. The van der Waals surface area contributed by atoms with Gasteiger partial charge < -0.3 is 10.3 Å². The van der Waals surface area contributed by atoms with Gasteiger partial charge in [0.05, 0.1) is 22.8 Å². The third-order valence-electron chi connectivity index (χ3n) is 4.44. The molecule has 1 amide bonds. The highest BCUT2D eigenvalue weighted by molar-refractivity contribution is 7.98. The van der Waals surface area contributed by atoms with E-state index in [0.717, 1.165) is 33.2 Å². The van der Waals surface area contributed by atoms with Crippen LogP contribution in [0.3, 0.4) is 0 Å². The molecule has 2 aromatic carbocycles. The van der Waals surface area contributed by atoms with Crippen molar-refractivity contribution in [3.63, 3.8) is 0 Å². The van der Waals surface area contributed by atoms with E-state index in [4.69, 9.17) is 0 Å². The molecule has 4 aromatic rings. The summed E-state index contributed by atoms with van der Waals surface area (Å²) < 4.78 is 0. The number of benzene rings is 2. The average Bonchev–Trinajstić information content (AvgIpc) is 3.16. The second-order valence-electron chi connectivity index (χ2n) is 6.49. The maximum absolute atomic E-state index is 12.5. The molecule has 140 valence electrons. The van der Waals surface area contributed by atoms with E-state index < -0.39 is 0 Å². The highest BCUT2D eigenvalue weighted by Gasteiger charge is 2.12. The van der Waals surface area contributed by atoms with Gasteiger partial charge in [-0.1, -0.05) is 42.1 Å². The number of imidazole rings is 1. The number of rotatable bonds is 6. The minimum absolute atomic E-state index is 0.102. The minimum atomic E-state index is -0.142. The topological polar surface area (TPSA) is 70.7 Å². The molecule has 0 aliphatic heterocycles. The molecule has 0 saturated heterocycles. The van der Waals surface area contributed by atoms with Crippen molar-refractivity contribution in [2.24, 2.45) is 0 Å². The molecule has 1 atom stereocenters. The molecule has 0 aliphatic rings. The van der Waals surface area contributed by atoms with Gasteiger partial charge in [-0.2, -0.15) is 0 Å². The number of para-hydroxylation sites is 2. The van der Waals surface area contributed by atoms with E-state index in [1.165, 1.54) is 0 Å². The van der Waals surface area contributed by atoms with Crippen molar-refractivity contribution in [2.75, 3.05) is 0 Å². The summed E-state index contributed by atoms with van der Waals surface area (Å²) in [6, 6.07) is 21.2. The Morgan fingerprint density at radius 3 is 2.61 bits per heavy atom. The number of fused-ring (bicyclic) bond motifs is 1. The Bertz CT molecular complexity index is 1040.